The SMILES string of the molecule is COc1ccc(-c2noc([C@H](C)O)c2C(=O)N2CCCC2)cc1. The van der Waals surface area contributed by atoms with Crippen LogP contribution in [0.25, 0.3) is 11.3 Å². The highest BCUT2D eigenvalue weighted by Crippen LogP contribution is 2.31. The number of aromatic nitrogens is 1. The van der Waals surface area contributed by atoms with E-state index >= 15 is 0 Å². The fourth-order valence-electron chi connectivity index (χ4n) is 2.82. The molecule has 6 heteroatoms. The first-order chi connectivity index (χ1) is 11.1. The molecule has 1 aliphatic rings. The quantitative estimate of drug-likeness (QED) is 0.938. The van der Waals surface area contributed by atoms with Gasteiger partial charge in [0.05, 0.1) is 7.11 Å². The van der Waals surface area contributed by atoms with E-state index in [1.807, 2.05) is 12.1 Å². The summed E-state index contributed by atoms with van der Waals surface area (Å²) >= 11 is 0. The summed E-state index contributed by atoms with van der Waals surface area (Å²) in [6.45, 7) is 3.02. The predicted molar refractivity (Wildman–Crippen MR) is 84.3 cm³/mol. The third kappa shape index (κ3) is 2.94. The summed E-state index contributed by atoms with van der Waals surface area (Å²) in [7, 11) is 1.60. The molecule has 23 heavy (non-hydrogen) atoms. The maximum Gasteiger partial charge on any atom is 0.259 e. The van der Waals surface area contributed by atoms with Crippen LogP contribution >= 0.6 is 0 Å². The molecule has 1 aromatic heterocycles. The fraction of sp³-hybridized carbons (Fsp3) is 0.412. The first kappa shape index (κ1) is 15.6. The van der Waals surface area contributed by atoms with Crippen LogP contribution in [0.5, 0.6) is 5.75 Å². The van der Waals surface area contributed by atoms with Gasteiger partial charge in [-0.25, -0.2) is 0 Å². The molecule has 2 heterocycles. The summed E-state index contributed by atoms with van der Waals surface area (Å²) in [6.07, 6.45) is 1.11. The van der Waals surface area contributed by atoms with Gasteiger partial charge < -0.3 is 19.3 Å². The molecule has 0 saturated carbocycles. The van der Waals surface area contributed by atoms with Crippen molar-refractivity contribution in [2.45, 2.75) is 25.9 Å². The zero-order chi connectivity index (χ0) is 16.4. The molecule has 0 aliphatic carbocycles. The minimum absolute atomic E-state index is 0.134. The lowest BCUT2D eigenvalue weighted by molar-refractivity contribution is 0.0781. The van der Waals surface area contributed by atoms with E-state index in [2.05, 4.69) is 5.16 Å². The van der Waals surface area contributed by atoms with Crippen LogP contribution in [0, 0.1) is 0 Å². The number of ether oxygens (including phenoxy) is 1. The minimum atomic E-state index is -0.893. The Morgan fingerprint density at radius 1 is 1.30 bits per heavy atom. The van der Waals surface area contributed by atoms with Crippen molar-refractivity contribution in [3.05, 3.63) is 35.6 Å². The Bertz CT molecular complexity index is 685. The molecule has 1 aromatic carbocycles. The molecule has 122 valence electrons. The molecule has 1 N–H and O–H groups in total. The normalized spacial score (nSPS) is 15.7. The Hall–Kier alpha value is -2.34. The number of aliphatic hydroxyl groups excluding tert-OH is 1. The third-order valence-corrected chi connectivity index (χ3v) is 4.07. The van der Waals surface area contributed by atoms with Crippen LogP contribution in [0.1, 0.15) is 42.0 Å². The molecule has 1 amide bonds. The fourth-order valence-corrected chi connectivity index (χ4v) is 2.82. The average molecular weight is 316 g/mol. The van der Waals surface area contributed by atoms with E-state index in [0.717, 1.165) is 37.2 Å². The molecule has 0 spiro atoms. The smallest absolute Gasteiger partial charge is 0.259 e. The molecular formula is C17H20N2O4. The van der Waals surface area contributed by atoms with Crippen molar-refractivity contribution in [2.24, 2.45) is 0 Å². The second kappa shape index (κ2) is 6.42. The Kier molecular flexibility index (Phi) is 4.34. The molecule has 1 fully saturated rings. The zero-order valence-electron chi connectivity index (χ0n) is 13.3. The zero-order valence-corrected chi connectivity index (χ0v) is 13.3. The van der Waals surface area contributed by atoms with Gasteiger partial charge >= 0.3 is 0 Å². The summed E-state index contributed by atoms with van der Waals surface area (Å²) in [5.41, 5.74) is 1.57. The second-order valence-corrected chi connectivity index (χ2v) is 5.67. The van der Waals surface area contributed by atoms with Crippen LogP contribution in [0.2, 0.25) is 0 Å². The molecule has 1 aliphatic heterocycles. The molecule has 1 atom stereocenters. The van der Waals surface area contributed by atoms with Crippen LogP contribution in [-0.2, 0) is 0 Å². The molecule has 3 rings (SSSR count). The van der Waals surface area contributed by atoms with E-state index in [1.165, 1.54) is 0 Å². The number of nitrogens with zero attached hydrogens (tertiary/aromatic N) is 2. The van der Waals surface area contributed by atoms with E-state index in [9.17, 15) is 9.90 Å². The van der Waals surface area contributed by atoms with Gasteiger partial charge in [-0.05, 0) is 44.0 Å². The summed E-state index contributed by atoms with van der Waals surface area (Å²) in [5, 5.41) is 13.9. The number of aliphatic hydroxyl groups is 1. The summed E-state index contributed by atoms with van der Waals surface area (Å²) < 4.78 is 10.4. The molecule has 0 radical (unpaired) electrons. The molecule has 6 nitrogen and oxygen atoms in total. The van der Waals surface area contributed by atoms with Gasteiger partial charge in [0, 0.05) is 18.7 Å². The maximum absolute atomic E-state index is 12.8. The topological polar surface area (TPSA) is 75.8 Å². The standard InChI is InChI=1S/C17H20N2O4/c1-11(20)16-14(17(21)19-9-3-4-10-19)15(18-23-16)12-5-7-13(22-2)8-6-12/h5-8,11,20H,3-4,9-10H2,1-2H3/t11-/m0/s1. The highest BCUT2D eigenvalue weighted by Gasteiger charge is 2.30. The average Bonchev–Trinajstić information content (AvgIpc) is 3.23. The Morgan fingerprint density at radius 3 is 2.52 bits per heavy atom. The van der Waals surface area contributed by atoms with E-state index in [4.69, 9.17) is 9.26 Å². The van der Waals surface area contributed by atoms with Gasteiger partial charge in [0.1, 0.15) is 23.1 Å². The first-order valence-electron chi connectivity index (χ1n) is 7.73. The monoisotopic (exact) mass is 316 g/mol. The molecular weight excluding hydrogens is 296 g/mol. The van der Waals surface area contributed by atoms with Gasteiger partial charge in [-0.1, -0.05) is 5.16 Å². The van der Waals surface area contributed by atoms with Crippen molar-refractivity contribution in [1.82, 2.24) is 10.1 Å². The summed E-state index contributed by atoms with van der Waals surface area (Å²) in [5.74, 6) is 0.804. The second-order valence-electron chi connectivity index (χ2n) is 5.67. The number of rotatable bonds is 4. The number of carbonyl (C=O) groups excluding carboxylic acids is 1. The van der Waals surface area contributed by atoms with Gasteiger partial charge in [0.25, 0.3) is 5.91 Å². The number of likely N-dealkylation sites (tertiary alicyclic amines) is 1. The van der Waals surface area contributed by atoms with Gasteiger partial charge in [0.15, 0.2) is 5.76 Å². The van der Waals surface area contributed by atoms with Crippen molar-refractivity contribution in [3.63, 3.8) is 0 Å². The lowest BCUT2D eigenvalue weighted by Gasteiger charge is -2.16. The van der Waals surface area contributed by atoms with Gasteiger partial charge in [-0.15, -0.1) is 0 Å². The number of methoxy groups -OCH3 is 1. The lowest BCUT2D eigenvalue weighted by atomic mass is 10.0. The maximum atomic E-state index is 12.8. The van der Waals surface area contributed by atoms with Crippen LogP contribution in [0.15, 0.2) is 28.8 Å². The molecule has 0 unspecified atom stereocenters. The van der Waals surface area contributed by atoms with E-state index in [1.54, 1.807) is 31.1 Å². The number of carbonyl (C=O) groups is 1. The predicted octanol–water partition coefficient (Wildman–Crippen LogP) is 2.64. The first-order valence-corrected chi connectivity index (χ1v) is 7.73. The van der Waals surface area contributed by atoms with Crippen LogP contribution in [0.3, 0.4) is 0 Å². The Labute approximate surface area is 134 Å². The van der Waals surface area contributed by atoms with Crippen molar-refractivity contribution in [1.29, 1.82) is 0 Å². The number of benzene rings is 1. The molecule has 0 bridgehead atoms. The highest BCUT2D eigenvalue weighted by molar-refractivity contribution is 6.01. The summed E-state index contributed by atoms with van der Waals surface area (Å²) in [6, 6.07) is 7.25. The summed E-state index contributed by atoms with van der Waals surface area (Å²) in [4.78, 5) is 14.6. The van der Waals surface area contributed by atoms with E-state index in [-0.39, 0.29) is 11.7 Å². The van der Waals surface area contributed by atoms with Crippen LogP contribution in [0.4, 0.5) is 0 Å². The molecule has 1 saturated heterocycles. The number of amides is 1. The number of hydrogen-bond acceptors (Lipinski definition) is 5. The lowest BCUT2D eigenvalue weighted by Crippen LogP contribution is -2.28. The van der Waals surface area contributed by atoms with Gasteiger partial charge in [0.2, 0.25) is 0 Å². The van der Waals surface area contributed by atoms with Gasteiger partial charge in [-0.3, -0.25) is 4.79 Å². The van der Waals surface area contributed by atoms with Crippen molar-refractivity contribution < 1.29 is 19.2 Å². The van der Waals surface area contributed by atoms with E-state index < -0.39 is 6.10 Å². The Balaban J connectivity index is 2.04. The third-order valence-electron chi connectivity index (χ3n) is 4.07. The number of hydrogen-bond donors (Lipinski definition) is 1. The van der Waals surface area contributed by atoms with Gasteiger partial charge in [-0.2, -0.15) is 0 Å². The van der Waals surface area contributed by atoms with Crippen LogP contribution < -0.4 is 4.74 Å². The van der Waals surface area contributed by atoms with Crippen LogP contribution in [-0.4, -0.2) is 41.3 Å². The Morgan fingerprint density at radius 2 is 1.96 bits per heavy atom. The largest absolute Gasteiger partial charge is 0.497 e. The van der Waals surface area contributed by atoms with Crippen molar-refractivity contribution in [2.75, 3.05) is 20.2 Å². The molecule has 2 aromatic rings. The van der Waals surface area contributed by atoms with Crippen molar-refractivity contribution >= 4 is 5.91 Å². The van der Waals surface area contributed by atoms with Crippen molar-refractivity contribution in [3.8, 4) is 17.0 Å². The minimum Gasteiger partial charge on any atom is -0.497 e. The van der Waals surface area contributed by atoms with E-state index in [0.29, 0.717) is 11.3 Å². The highest BCUT2D eigenvalue weighted by atomic mass is 16.5.